The fourth-order valence-corrected chi connectivity index (χ4v) is 0.558. The number of carboxylic acids is 2. The number of aliphatic carboxylic acids is 2. The second kappa shape index (κ2) is 14.1. The van der Waals surface area contributed by atoms with Crippen LogP contribution in [0.25, 0.3) is 0 Å². The van der Waals surface area contributed by atoms with Gasteiger partial charge >= 0.3 is 37.7 Å². The van der Waals surface area contributed by atoms with Gasteiger partial charge in [0, 0.05) is 14.1 Å². The first-order valence-corrected chi connectivity index (χ1v) is 4.58. The Morgan fingerprint density at radius 3 is 1.20 bits per heavy atom. The molecule has 0 atom stereocenters. The van der Waals surface area contributed by atoms with Crippen molar-refractivity contribution in [2.45, 2.75) is 0 Å². The smallest absolute Gasteiger partial charge is 0.548 e. The van der Waals surface area contributed by atoms with Crippen LogP contribution in [0.1, 0.15) is 0 Å². The molecule has 0 aromatic rings. The largest absolute Gasteiger partial charge is 2.00 e. The van der Waals surface area contributed by atoms with Crippen LogP contribution in [0.2, 0.25) is 0 Å². The van der Waals surface area contributed by atoms with E-state index in [0.29, 0.717) is 0 Å². The molecule has 0 saturated carbocycles. The van der Waals surface area contributed by atoms with Crippen molar-refractivity contribution >= 4 is 61.6 Å². The van der Waals surface area contributed by atoms with Gasteiger partial charge in [0.05, 0.1) is 25.0 Å². The molecule has 8 N–H and O–H groups in total. The van der Waals surface area contributed by atoms with Gasteiger partial charge < -0.3 is 46.5 Å². The molecule has 0 aliphatic rings. The average molecular weight is 318 g/mol. The number of carbonyl (C=O) groups is 2. The van der Waals surface area contributed by atoms with Crippen LogP contribution in [-0.2, 0) is 9.59 Å². The van der Waals surface area contributed by atoms with Crippen LogP contribution in [0.15, 0.2) is 0 Å². The minimum absolute atomic E-state index is 0. The summed E-state index contributed by atoms with van der Waals surface area (Å²) in [5.74, 6) is -3.04. The summed E-state index contributed by atoms with van der Waals surface area (Å²) in [5.41, 5.74) is 9.80. The molecule has 20 heavy (non-hydrogen) atoms. The predicted molar refractivity (Wildman–Crippen MR) is 68.5 cm³/mol. The Morgan fingerprint density at radius 2 is 1.15 bits per heavy atom. The van der Waals surface area contributed by atoms with Crippen molar-refractivity contribution in [2.24, 2.45) is 11.5 Å². The third kappa shape index (κ3) is 19.0. The second-order valence-electron chi connectivity index (χ2n) is 3.23. The van der Waals surface area contributed by atoms with Gasteiger partial charge in [-0.3, -0.25) is 10.8 Å². The van der Waals surface area contributed by atoms with Gasteiger partial charge in [0.2, 0.25) is 0 Å². The van der Waals surface area contributed by atoms with Gasteiger partial charge in [0.15, 0.2) is 11.9 Å². The van der Waals surface area contributed by atoms with E-state index in [0.717, 1.165) is 9.80 Å². The van der Waals surface area contributed by atoms with Crippen molar-refractivity contribution in [3.05, 3.63) is 0 Å². The van der Waals surface area contributed by atoms with E-state index in [2.05, 4.69) is 0 Å². The molecule has 0 unspecified atom stereocenters. The van der Waals surface area contributed by atoms with E-state index in [9.17, 15) is 19.8 Å². The molecule has 0 amide bonds. The maximum atomic E-state index is 9.81. The van der Waals surface area contributed by atoms with Gasteiger partial charge in [-0.15, -0.1) is 0 Å². The maximum Gasteiger partial charge on any atom is 2.00 e. The molecule has 0 aliphatic carbocycles. The Balaban J connectivity index is -0.000000116. The number of likely N-dealkylation sites (N-methyl/N-ethyl adjacent to an activating group) is 2. The number of nitrogens with two attached hydrogens (primary N) is 2. The molecule has 0 rings (SSSR count). The van der Waals surface area contributed by atoms with E-state index in [1.165, 1.54) is 14.1 Å². The summed E-state index contributed by atoms with van der Waals surface area (Å²) in [4.78, 5) is 21.7. The fourth-order valence-electron chi connectivity index (χ4n) is 0.558. The van der Waals surface area contributed by atoms with Gasteiger partial charge in [-0.2, -0.15) is 0 Å². The molecule has 0 aromatic carbocycles. The van der Waals surface area contributed by atoms with Crippen LogP contribution in [0.4, 0.5) is 0 Å². The number of carbonyl (C=O) groups excluding carboxylic acids is 2. The molecule has 12 heteroatoms. The van der Waals surface area contributed by atoms with Crippen molar-refractivity contribution in [1.29, 1.82) is 10.8 Å². The Morgan fingerprint density at radius 1 is 0.950 bits per heavy atom. The fraction of sp³-hybridized carbons (Fsp3) is 0.500. The molecule has 0 fully saturated rings. The summed E-state index contributed by atoms with van der Waals surface area (Å²) in [6.07, 6.45) is 0. The van der Waals surface area contributed by atoms with Crippen molar-refractivity contribution in [3.63, 3.8) is 0 Å². The number of hydrogen-bond donors (Lipinski definition) is 4. The molecule has 0 spiro atoms. The number of hydrogen-bond acceptors (Lipinski definition) is 6. The first-order valence-electron chi connectivity index (χ1n) is 4.58. The minimum Gasteiger partial charge on any atom is -0.548 e. The molecule has 0 heterocycles. The van der Waals surface area contributed by atoms with E-state index >= 15 is 0 Å². The molecule has 0 aromatic heterocycles. The first-order chi connectivity index (χ1) is 8.07. The van der Waals surface area contributed by atoms with Crippen LogP contribution in [0, 0.1) is 10.8 Å². The van der Waals surface area contributed by atoms with E-state index in [-0.39, 0.29) is 68.2 Å². The zero-order valence-electron chi connectivity index (χ0n) is 11.3. The van der Waals surface area contributed by atoms with Crippen LogP contribution in [0.5, 0.6) is 0 Å². The van der Waals surface area contributed by atoms with Gasteiger partial charge in [-0.1, -0.05) is 0 Å². The van der Waals surface area contributed by atoms with Crippen LogP contribution in [0.3, 0.4) is 0 Å². The molecular weight excluding hydrogens is 300 g/mol. The number of nitrogens with one attached hydrogen (secondary N) is 2. The summed E-state index contributed by atoms with van der Waals surface area (Å²) >= 11 is 0. The standard InChI is InChI=1S/2C4H9N3O2.Ca.H2O/c2*1-7(4(5)6)2-3(8)9;;/h2*2H2,1H3,(H3,5,6)(H,8,9);;1H2/q;;+2;/p-2. The van der Waals surface area contributed by atoms with E-state index in [1.54, 1.807) is 0 Å². The zero-order valence-corrected chi connectivity index (χ0v) is 13.5. The SMILES string of the molecule is CN(CC(=O)[O-])C(=N)N.CN(CC(=O)[O-])C(=N)N.O.[Ca+2]. The molecule has 112 valence electrons. The van der Waals surface area contributed by atoms with E-state index < -0.39 is 11.9 Å². The monoisotopic (exact) mass is 318 g/mol. The van der Waals surface area contributed by atoms with Crippen LogP contribution >= 0.6 is 0 Å². The van der Waals surface area contributed by atoms with E-state index in [1.807, 2.05) is 0 Å². The Labute approximate surface area is 145 Å². The molecule has 11 nitrogen and oxygen atoms in total. The Bertz CT molecular complexity index is 307. The van der Waals surface area contributed by atoms with Crippen molar-refractivity contribution < 1.29 is 25.3 Å². The predicted octanol–water partition coefficient (Wildman–Crippen LogP) is -6.08. The normalized spacial score (nSPS) is 7.70. The van der Waals surface area contributed by atoms with Crippen LogP contribution < -0.4 is 21.7 Å². The maximum absolute atomic E-state index is 9.81. The molecular formula is C8H18CaN6O5. The summed E-state index contributed by atoms with van der Waals surface area (Å²) in [6, 6.07) is 0. The van der Waals surface area contributed by atoms with Gasteiger partial charge in [-0.25, -0.2) is 0 Å². The Hall–Kier alpha value is -1.30. The third-order valence-electron chi connectivity index (χ3n) is 1.56. The van der Waals surface area contributed by atoms with E-state index in [4.69, 9.17) is 22.3 Å². The molecule has 0 radical (unpaired) electrons. The number of nitrogens with zero attached hydrogens (tertiary/aromatic N) is 2. The van der Waals surface area contributed by atoms with Crippen LogP contribution in [-0.4, -0.2) is 104 Å². The summed E-state index contributed by atoms with van der Waals surface area (Å²) in [6.45, 7) is -0.676. The summed E-state index contributed by atoms with van der Waals surface area (Å²) < 4.78 is 0. The number of guanidine groups is 2. The quantitative estimate of drug-likeness (QED) is 0.221. The summed E-state index contributed by atoms with van der Waals surface area (Å²) in [7, 11) is 2.80. The molecule has 0 saturated heterocycles. The number of carboxylic acid groups (broad SMARTS) is 2. The third-order valence-corrected chi connectivity index (χ3v) is 1.56. The Kier molecular flexibility index (Phi) is 19.1. The number of rotatable bonds is 4. The van der Waals surface area contributed by atoms with Gasteiger partial charge in [0.25, 0.3) is 0 Å². The molecule has 0 bridgehead atoms. The van der Waals surface area contributed by atoms with Crippen molar-refractivity contribution in [1.82, 2.24) is 9.80 Å². The zero-order chi connectivity index (χ0) is 14.9. The van der Waals surface area contributed by atoms with Crippen molar-refractivity contribution in [3.8, 4) is 0 Å². The van der Waals surface area contributed by atoms with Gasteiger partial charge in [-0.05, 0) is 0 Å². The summed E-state index contributed by atoms with van der Waals surface area (Å²) in [5, 5.41) is 33.0. The first kappa shape index (κ1) is 27.1. The minimum atomic E-state index is -1.24. The molecule has 0 aliphatic heterocycles. The topological polar surface area (TPSA) is 218 Å². The van der Waals surface area contributed by atoms with Crippen molar-refractivity contribution in [2.75, 3.05) is 27.2 Å². The average Bonchev–Trinajstić information content (AvgIpc) is 2.16. The second-order valence-corrected chi connectivity index (χ2v) is 3.23. The van der Waals surface area contributed by atoms with Gasteiger partial charge in [0.1, 0.15) is 0 Å².